The molecule has 1 aliphatic heterocycles. The molecule has 1 heterocycles. The molecule has 0 bridgehead atoms. The molecule has 92 valence electrons. The van der Waals surface area contributed by atoms with Gasteiger partial charge < -0.3 is 10.6 Å². The predicted molar refractivity (Wildman–Crippen MR) is 83.1 cm³/mol. The van der Waals surface area contributed by atoms with Crippen LogP contribution in [0.25, 0.3) is 0 Å². The van der Waals surface area contributed by atoms with Gasteiger partial charge in [-0.05, 0) is 49.6 Å². The third-order valence-corrected chi connectivity index (χ3v) is 4.93. The molecule has 0 radical (unpaired) electrons. The average Bonchev–Trinajstić information content (AvgIpc) is 2.41. The van der Waals surface area contributed by atoms with Gasteiger partial charge in [0.25, 0.3) is 0 Å². The summed E-state index contributed by atoms with van der Waals surface area (Å²) in [4.78, 5) is 0. The van der Waals surface area contributed by atoms with Gasteiger partial charge in [0.05, 0.1) is 17.4 Å². The van der Waals surface area contributed by atoms with Crippen LogP contribution in [0.3, 0.4) is 0 Å². The number of rotatable bonds is 1. The van der Waals surface area contributed by atoms with Gasteiger partial charge in [0.1, 0.15) is 0 Å². The molecule has 2 N–H and O–H groups in total. The minimum atomic E-state index is 0.312. The molecular weight excluding hydrogens is 356 g/mol. The van der Waals surface area contributed by atoms with Crippen molar-refractivity contribution >= 4 is 43.2 Å². The normalized spacial score (nSPS) is 17.6. The molecule has 2 nitrogen and oxygen atoms in total. The summed E-state index contributed by atoms with van der Waals surface area (Å²) in [5, 5.41) is 7.03. The van der Waals surface area contributed by atoms with Crippen molar-refractivity contribution in [2.75, 3.05) is 17.2 Å². The van der Waals surface area contributed by atoms with Crippen LogP contribution in [-0.4, -0.2) is 6.54 Å². The molecule has 4 heteroatoms. The van der Waals surface area contributed by atoms with Gasteiger partial charge in [-0.1, -0.05) is 30.3 Å². The van der Waals surface area contributed by atoms with Gasteiger partial charge >= 0.3 is 0 Å². The second-order valence-corrected chi connectivity index (χ2v) is 6.01. The predicted octanol–water partition coefficient (Wildman–Crippen LogP) is 4.79. The first kappa shape index (κ1) is 12.1. The highest BCUT2D eigenvalue weighted by Crippen LogP contribution is 2.37. The lowest BCUT2D eigenvalue weighted by Crippen LogP contribution is -2.25. The van der Waals surface area contributed by atoms with Gasteiger partial charge in [0, 0.05) is 15.5 Å². The maximum atomic E-state index is 3.57. The SMILES string of the molecule is Brc1cc2c(cc1Br)N[C@@H](c1ccccc1)CN2. The van der Waals surface area contributed by atoms with E-state index in [4.69, 9.17) is 0 Å². The van der Waals surface area contributed by atoms with Gasteiger partial charge in [0.15, 0.2) is 0 Å². The molecule has 1 aliphatic rings. The standard InChI is InChI=1S/C14H12Br2N2/c15-10-6-12-13(7-11(10)16)18-14(8-17-12)9-4-2-1-3-5-9/h1-7,14,17-18H,8H2/t14-/m1/s1. The molecule has 3 rings (SSSR count). The van der Waals surface area contributed by atoms with Gasteiger partial charge in [-0.3, -0.25) is 0 Å². The van der Waals surface area contributed by atoms with Crippen LogP contribution in [0.2, 0.25) is 0 Å². The van der Waals surface area contributed by atoms with Gasteiger partial charge in [-0.25, -0.2) is 0 Å². The van der Waals surface area contributed by atoms with E-state index in [0.29, 0.717) is 6.04 Å². The Balaban J connectivity index is 1.92. The van der Waals surface area contributed by atoms with Crippen molar-refractivity contribution in [3.63, 3.8) is 0 Å². The first-order chi connectivity index (χ1) is 8.74. The van der Waals surface area contributed by atoms with Crippen LogP contribution < -0.4 is 10.6 Å². The van der Waals surface area contributed by atoms with Crippen LogP contribution in [0, 0.1) is 0 Å². The Kier molecular flexibility index (Phi) is 3.31. The summed E-state index contributed by atoms with van der Waals surface area (Å²) in [6.07, 6.45) is 0. The number of fused-ring (bicyclic) bond motifs is 1. The maximum Gasteiger partial charge on any atom is 0.0687 e. The lowest BCUT2D eigenvalue weighted by atomic mass is 10.0. The van der Waals surface area contributed by atoms with E-state index >= 15 is 0 Å². The van der Waals surface area contributed by atoms with Crippen LogP contribution >= 0.6 is 31.9 Å². The van der Waals surface area contributed by atoms with Gasteiger partial charge in [-0.15, -0.1) is 0 Å². The zero-order valence-electron chi connectivity index (χ0n) is 9.58. The second-order valence-electron chi connectivity index (χ2n) is 4.30. The molecule has 0 amide bonds. The first-order valence-corrected chi connectivity index (χ1v) is 7.37. The summed E-state index contributed by atoms with van der Waals surface area (Å²) >= 11 is 7.06. The Labute approximate surface area is 123 Å². The number of halogens is 2. The smallest absolute Gasteiger partial charge is 0.0687 e. The maximum absolute atomic E-state index is 3.57. The molecule has 0 aliphatic carbocycles. The number of hydrogen-bond acceptors (Lipinski definition) is 2. The minimum absolute atomic E-state index is 0.312. The van der Waals surface area contributed by atoms with Crippen molar-refractivity contribution in [2.24, 2.45) is 0 Å². The molecule has 0 saturated carbocycles. The third-order valence-electron chi connectivity index (χ3n) is 3.09. The number of nitrogens with one attached hydrogen (secondary N) is 2. The van der Waals surface area contributed by atoms with Gasteiger partial charge in [0.2, 0.25) is 0 Å². The largest absolute Gasteiger partial charge is 0.381 e. The molecule has 2 aromatic carbocycles. The zero-order valence-corrected chi connectivity index (χ0v) is 12.8. The summed E-state index contributed by atoms with van der Waals surface area (Å²) < 4.78 is 2.12. The summed E-state index contributed by atoms with van der Waals surface area (Å²) in [7, 11) is 0. The van der Waals surface area contributed by atoms with E-state index in [2.05, 4.69) is 78.9 Å². The average molecular weight is 368 g/mol. The van der Waals surface area contributed by atoms with Crippen LogP contribution in [-0.2, 0) is 0 Å². The fourth-order valence-corrected chi connectivity index (χ4v) is 2.84. The van der Waals surface area contributed by atoms with Crippen LogP contribution in [0.4, 0.5) is 11.4 Å². The quantitative estimate of drug-likeness (QED) is 0.757. The van der Waals surface area contributed by atoms with Crippen LogP contribution in [0.5, 0.6) is 0 Å². The Morgan fingerprint density at radius 2 is 1.61 bits per heavy atom. The van der Waals surface area contributed by atoms with Crippen molar-refractivity contribution < 1.29 is 0 Å². The summed E-state index contributed by atoms with van der Waals surface area (Å²) in [6.45, 7) is 0.894. The van der Waals surface area contributed by atoms with E-state index < -0.39 is 0 Å². The van der Waals surface area contributed by atoms with Crippen molar-refractivity contribution in [2.45, 2.75) is 6.04 Å². The lowest BCUT2D eigenvalue weighted by molar-refractivity contribution is 0.803. The van der Waals surface area contributed by atoms with E-state index in [1.54, 1.807) is 0 Å². The Morgan fingerprint density at radius 3 is 2.33 bits per heavy atom. The number of anilines is 2. The Bertz CT molecular complexity index is 570. The van der Waals surface area contributed by atoms with Gasteiger partial charge in [-0.2, -0.15) is 0 Å². The minimum Gasteiger partial charge on any atom is -0.381 e. The van der Waals surface area contributed by atoms with E-state index in [1.165, 1.54) is 5.56 Å². The molecule has 0 unspecified atom stereocenters. The van der Waals surface area contributed by atoms with E-state index in [1.807, 2.05) is 6.07 Å². The summed E-state index contributed by atoms with van der Waals surface area (Å²) in [5.41, 5.74) is 3.57. The lowest BCUT2D eigenvalue weighted by Gasteiger charge is -2.29. The number of hydrogen-bond donors (Lipinski definition) is 2. The third kappa shape index (κ3) is 2.27. The van der Waals surface area contributed by atoms with Crippen molar-refractivity contribution in [1.29, 1.82) is 0 Å². The zero-order chi connectivity index (χ0) is 12.5. The Hall–Kier alpha value is -1.00. The fraction of sp³-hybridized carbons (Fsp3) is 0.143. The van der Waals surface area contributed by atoms with E-state index in [9.17, 15) is 0 Å². The summed E-state index contributed by atoms with van der Waals surface area (Å²) in [5.74, 6) is 0. The fourth-order valence-electron chi connectivity index (χ4n) is 2.15. The van der Waals surface area contributed by atoms with Crippen molar-refractivity contribution in [1.82, 2.24) is 0 Å². The molecule has 0 fully saturated rings. The van der Waals surface area contributed by atoms with E-state index in [0.717, 1.165) is 26.9 Å². The molecule has 2 aromatic rings. The molecule has 18 heavy (non-hydrogen) atoms. The molecule has 0 spiro atoms. The molecule has 0 saturated heterocycles. The Morgan fingerprint density at radius 1 is 0.944 bits per heavy atom. The van der Waals surface area contributed by atoms with Crippen LogP contribution in [0.15, 0.2) is 51.4 Å². The number of benzene rings is 2. The monoisotopic (exact) mass is 366 g/mol. The molecule has 1 atom stereocenters. The molecule has 0 aromatic heterocycles. The highest BCUT2D eigenvalue weighted by atomic mass is 79.9. The topological polar surface area (TPSA) is 24.1 Å². The van der Waals surface area contributed by atoms with Crippen molar-refractivity contribution in [3.05, 3.63) is 57.0 Å². The van der Waals surface area contributed by atoms with Crippen LogP contribution in [0.1, 0.15) is 11.6 Å². The second kappa shape index (κ2) is 4.94. The highest BCUT2D eigenvalue weighted by Gasteiger charge is 2.19. The highest BCUT2D eigenvalue weighted by molar-refractivity contribution is 9.13. The summed E-state index contributed by atoms with van der Waals surface area (Å²) in [6, 6.07) is 15.0. The van der Waals surface area contributed by atoms with E-state index in [-0.39, 0.29) is 0 Å². The first-order valence-electron chi connectivity index (χ1n) is 5.78. The van der Waals surface area contributed by atoms with Crippen molar-refractivity contribution in [3.8, 4) is 0 Å². The molecular formula is C14H12Br2N2.